The minimum atomic E-state index is -0.249. The van der Waals surface area contributed by atoms with Crippen molar-refractivity contribution in [2.75, 3.05) is 20.3 Å². The van der Waals surface area contributed by atoms with Crippen molar-refractivity contribution in [3.05, 3.63) is 53.6 Å². The van der Waals surface area contributed by atoms with E-state index in [9.17, 15) is 4.79 Å². The van der Waals surface area contributed by atoms with Gasteiger partial charge in [-0.25, -0.2) is 0 Å². The van der Waals surface area contributed by atoms with Gasteiger partial charge in [0.15, 0.2) is 18.1 Å². The first-order valence-electron chi connectivity index (χ1n) is 8.80. The van der Waals surface area contributed by atoms with Crippen molar-refractivity contribution in [2.24, 2.45) is 0 Å². The molecule has 1 amide bonds. The molecule has 1 N–H and O–H groups in total. The fourth-order valence-electron chi connectivity index (χ4n) is 2.86. The number of carbonyl (C=O) groups excluding carboxylic acids is 1. The van der Waals surface area contributed by atoms with Gasteiger partial charge >= 0.3 is 0 Å². The summed E-state index contributed by atoms with van der Waals surface area (Å²) in [7, 11) is 1.62. The van der Waals surface area contributed by atoms with E-state index in [0.717, 1.165) is 29.0 Å². The normalized spacial score (nSPS) is 13.6. The number of amides is 1. The zero-order chi connectivity index (χ0) is 19.3. The van der Waals surface area contributed by atoms with Crippen LogP contribution < -0.4 is 19.5 Å². The molecule has 0 saturated carbocycles. The molecule has 140 valence electrons. The van der Waals surface area contributed by atoms with Crippen molar-refractivity contribution in [3.63, 3.8) is 0 Å². The van der Waals surface area contributed by atoms with Crippen LogP contribution in [-0.4, -0.2) is 31.8 Å². The molecular weight excluding hydrogens is 342 g/mol. The summed E-state index contributed by atoms with van der Waals surface area (Å²) in [6, 6.07) is 13.2. The van der Waals surface area contributed by atoms with E-state index in [-0.39, 0.29) is 24.7 Å². The van der Waals surface area contributed by atoms with E-state index >= 15 is 0 Å². The summed E-state index contributed by atoms with van der Waals surface area (Å²) in [5, 5.41) is 2.73. The summed E-state index contributed by atoms with van der Waals surface area (Å²) < 4.78 is 16.7. The van der Waals surface area contributed by atoms with Gasteiger partial charge < -0.3 is 19.5 Å². The van der Waals surface area contributed by atoms with E-state index in [4.69, 9.17) is 14.2 Å². The number of hydrogen-bond acceptors (Lipinski definition) is 4. The monoisotopic (exact) mass is 365 g/mol. The Morgan fingerprint density at radius 2 is 2.00 bits per heavy atom. The predicted molar refractivity (Wildman–Crippen MR) is 103 cm³/mol. The van der Waals surface area contributed by atoms with Crippen LogP contribution in [0.4, 0.5) is 0 Å². The molecule has 0 saturated heterocycles. The summed E-state index contributed by atoms with van der Waals surface area (Å²) in [6.45, 7) is 4.24. The molecule has 0 aromatic heterocycles. The molecule has 3 rings (SSSR count). The van der Waals surface area contributed by atoms with Gasteiger partial charge in [-0.2, -0.15) is 0 Å². The standard InChI is InChI=1S/C22H23NO4/c1-22(2)14-17-7-4-8-19(21(17)27-22)26-15-20(24)23-13-5-6-16-9-11-18(25-3)12-10-16/h4,7-12H,13-15H2,1-3H3,(H,23,24). The molecule has 0 fully saturated rings. The average Bonchev–Trinajstić information content (AvgIpc) is 2.98. The molecule has 0 atom stereocenters. The van der Waals surface area contributed by atoms with Crippen LogP contribution in [0.2, 0.25) is 0 Å². The molecule has 5 heteroatoms. The van der Waals surface area contributed by atoms with Gasteiger partial charge in [0.1, 0.15) is 11.4 Å². The van der Waals surface area contributed by atoms with Crippen LogP contribution >= 0.6 is 0 Å². The van der Waals surface area contributed by atoms with E-state index in [2.05, 4.69) is 17.2 Å². The molecule has 0 radical (unpaired) electrons. The van der Waals surface area contributed by atoms with Crippen LogP contribution in [0.5, 0.6) is 17.2 Å². The number of methoxy groups -OCH3 is 1. The van der Waals surface area contributed by atoms with Gasteiger partial charge in [0, 0.05) is 17.5 Å². The molecule has 0 aliphatic carbocycles. The topological polar surface area (TPSA) is 56.8 Å². The number of ether oxygens (including phenoxy) is 3. The number of benzene rings is 2. The van der Waals surface area contributed by atoms with Crippen molar-refractivity contribution in [2.45, 2.75) is 25.9 Å². The Morgan fingerprint density at radius 3 is 2.74 bits per heavy atom. The van der Waals surface area contributed by atoms with Crippen LogP contribution in [0.3, 0.4) is 0 Å². The third-order valence-electron chi connectivity index (χ3n) is 4.11. The lowest BCUT2D eigenvalue weighted by Gasteiger charge is -2.18. The Bertz CT molecular complexity index is 875. The minimum Gasteiger partial charge on any atom is -0.497 e. The summed E-state index contributed by atoms with van der Waals surface area (Å²) in [5.41, 5.74) is 1.71. The van der Waals surface area contributed by atoms with E-state index in [1.807, 2.05) is 56.3 Å². The fourth-order valence-corrected chi connectivity index (χ4v) is 2.86. The van der Waals surface area contributed by atoms with E-state index in [0.29, 0.717) is 5.75 Å². The highest BCUT2D eigenvalue weighted by molar-refractivity contribution is 5.78. The quantitative estimate of drug-likeness (QED) is 0.828. The second-order valence-corrected chi connectivity index (χ2v) is 6.88. The predicted octanol–water partition coefficient (Wildman–Crippen LogP) is 2.96. The van der Waals surface area contributed by atoms with Crippen molar-refractivity contribution in [3.8, 4) is 29.1 Å². The Balaban J connectivity index is 1.47. The second kappa shape index (κ2) is 8.05. The summed E-state index contributed by atoms with van der Waals surface area (Å²) in [6.07, 6.45) is 0.826. The minimum absolute atomic E-state index is 0.0789. The van der Waals surface area contributed by atoms with Gasteiger partial charge in [0.05, 0.1) is 13.7 Å². The van der Waals surface area contributed by atoms with E-state index in [1.54, 1.807) is 7.11 Å². The number of hydrogen-bond donors (Lipinski definition) is 1. The second-order valence-electron chi connectivity index (χ2n) is 6.88. The third kappa shape index (κ3) is 4.95. The average molecular weight is 365 g/mol. The van der Waals surface area contributed by atoms with Crippen LogP contribution in [-0.2, 0) is 11.2 Å². The molecule has 5 nitrogen and oxygen atoms in total. The van der Waals surface area contributed by atoms with Crippen LogP contribution in [0, 0.1) is 11.8 Å². The molecular formula is C22H23NO4. The van der Waals surface area contributed by atoms with Gasteiger partial charge in [-0.3, -0.25) is 4.79 Å². The lowest BCUT2D eigenvalue weighted by atomic mass is 10.0. The zero-order valence-corrected chi connectivity index (χ0v) is 15.8. The first-order chi connectivity index (χ1) is 13.0. The highest BCUT2D eigenvalue weighted by Crippen LogP contribution is 2.41. The lowest BCUT2D eigenvalue weighted by Crippen LogP contribution is -2.29. The fraction of sp³-hybridized carbons (Fsp3) is 0.318. The maximum atomic E-state index is 12.0. The molecule has 1 aliphatic heterocycles. The number of rotatable bonds is 5. The van der Waals surface area contributed by atoms with E-state index < -0.39 is 0 Å². The SMILES string of the molecule is COc1ccc(C#CCNC(=O)COc2cccc3c2OC(C)(C)C3)cc1. The zero-order valence-electron chi connectivity index (χ0n) is 15.8. The van der Waals surface area contributed by atoms with Crippen LogP contribution in [0.15, 0.2) is 42.5 Å². The van der Waals surface area contributed by atoms with E-state index in [1.165, 1.54) is 0 Å². The highest BCUT2D eigenvalue weighted by Gasteiger charge is 2.32. The smallest absolute Gasteiger partial charge is 0.258 e. The first kappa shape index (κ1) is 18.7. The molecule has 0 unspecified atom stereocenters. The Kier molecular flexibility index (Phi) is 5.56. The maximum Gasteiger partial charge on any atom is 0.258 e. The number of fused-ring (bicyclic) bond motifs is 1. The molecule has 1 heterocycles. The van der Waals surface area contributed by atoms with Crippen molar-refractivity contribution < 1.29 is 19.0 Å². The highest BCUT2D eigenvalue weighted by atomic mass is 16.5. The van der Waals surface area contributed by atoms with Crippen molar-refractivity contribution >= 4 is 5.91 Å². The summed E-state index contributed by atoms with van der Waals surface area (Å²) >= 11 is 0. The maximum absolute atomic E-state index is 12.0. The first-order valence-corrected chi connectivity index (χ1v) is 8.80. The van der Waals surface area contributed by atoms with Gasteiger partial charge in [0.2, 0.25) is 0 Å². The molecule has 2 aromatic rings. The summed E-state index contributed by atoms with van der Waals surface area (Å²) in [5.74, 6) is 7.79. The van der Waals surface area contributed by atoms with Gasteiger partial charge in [0.25, 0.3) is 5.91 Å². The van der Waals surface area contributed by atoms with Crippen LogP contribution in [0.25, 0.3) is 0 Å². The van der Waals surface area contributed by atoms with Gasteiger partial charge in [-0.15, -0.1) is 0 Å². The van der Waals surface area contributed by atoms with Crippen molar-refractivity contribution in [1.29, 1.82) is 0 Å². The Hall–Kier alpha value is -3.13. The number of nitrogens with one attached hydrogen (secondary N) is 1. The number of para-hydroxylation sites is 1. The molecule has 0 bridgehead atoms. The van der Waals surface area contributed by atoms with Gasteiger partial charge in [-0.1, -0.05) is 24.0 Å². The molecule has 0 spiro atoms. The molecule has 27 heavy (non-hydrogen) atoms. The van der Waals surface area contributed by atoms with Gasteiger partial charge in [-0.05, 0) is 44.2 Å². The third-order valence-corrected chi connectivity index (χ3v) is 4.11. The lowest BCUT2D eigenvalue weighted by molar-refractivity contribution is -0.122. The number of carbonyl (C=O) groups is 1. The largest absolute Gasteiger partial charge is 0.497 e. The summed E-state index contributed by atoms with van der Waals surface area (Å²) in [4.78, 5) is 12.0. The van der Waals surface area contributed by atoms with Crippen molar-refractivity contribution in [1.82, 2.24) is 5.32 Å². The Labute approximate surface area is 159 Å². The Morgan fingerprint density at radius 1 is 1.22 bits per heavy atom. The van der Waals surface area contributed by atoms with Crippen LogP contribution in [0.1, 0.15) is 25.0 Å². The molecule has 2 aromatic carbocycles. The molecule has 1 aliphatic rings.